The number of nitrogens with zero attached hydrogens (tertiary/aromatic N) is 1. The summed E-state index contributed by atoms with van der Waals surface area (Å²) in [5.74, 6) is 0. The molecule has 23 heavy (non-hydrogen) atoms. The summed E-state index contributed by atoms with van der Waals surface area (Å²) in [6.45, 7) is 15.7. The molecule has 1 aliphatic rings. The highest BCUT2D eigenvalue weighted by atomic mass is 15.3. The molecule has 0 aromatic heterocycles. The van der Waals surface area contributed by atoms with E-state index in [0.29, 0.717) is 0 Å². The normalized spacial score (nSPS) is 17.8. The van der Waals surface area contributed by atoms with Crippen LogP contribution in [-0.2, 0) is 0 Å². The standard InChI is InChI=1S/C21H24N2/c1-6-11-17(9-4)21-22-20-16(5)14-10-15-19(20)23(21)18(12-7-2)13-8-3/h6-15,21-22H,1-2,4H2,3,5H3/b13-8-,17-11+,18-12+. The Bertz CT molecular complexity index is 705. The molecule has 1 atom stereocenters. The van der Waals surface area contributed by atoms with Crippen LogP contribution >= 0.6 is 0 Å². The predicted octanol–water partition coefficient (Wildman–Crippen LogP) is 5.50. The first-order valence-electron chi connectivity index (χ1n) is 7.73. The number of nitrogens with one attached hydrogen (secondary N) is 1. The van der Waals surface area contributed by atoms with Gasteiger partial charge in [-0.3, -0.25) is 0 Å². The van der Waals surface area contributed by atoms with Crippen molar-refractivity contribution in [2.75, 3.05) is 10.2 Å². The van der Waals surface area contributed by atoms with Crippen LogP contribution in [0, 0.1) is 6.92 Å². The van der Waals surface area contributed by atoms with E-state index in [2.05, 4.69) is 61.2 Å². The molecule has 1 unspecified atom stereocenters. The van der Waals surface area contributed by atoms with Gasteiger partial charge in [-0.2, -0.15) is 0 Å². The first kappa shape index (κ1) is 16.6. The molecule has 0 fully saturated rings. The largest absolute Gasteiger partial charge is 0.359 e. The van der Waals surface area contributed by atoms with Gasteiger partial charge in [0.1, 0.15) is 6.17 Å². The highest BCUT2D eigenvalue weighted by Crippen LogP contribution is 2.41. The molecule has 0 bridgehead atoms. The first-order valence-corrected chi connectivity index (χ1v) is 7.73. The van der Waals surface area contributed by atoms with Gasteiger partial charge >= 0.3 is 0 Å². The molecule has 1 aliphatic heterocycles. The van der Waals surface area contributed by atoms with Crippen LogP contribution in [0.4, 0.5) is 11.4 Å². The van der Waals surface area contributed by atoms with Gasteiger partial charge in [-0.05, 0) is 43.2 Å². The van der Waals surface area contributed by atoms with Crippen LogP contribution in [0.15, 0.2) is 91.7 Å². The van der Waals surface area contributed by atoms with E-state index in [0.717, 1.165) is 22.6 Å². The monoisotopic (exact) mass is 304 g/mol. The molecule has 1 N–H and O–H groups in total. The molecule has 0 saturated heterocycles. The molecule has 0 spiro atoms. The Labute approximate surface area is 139 Å². The van der Waals surface area contributed by atoms with Crippen molar-refractivity contribution >= 4 is 11.4 Å². The number of aryl methyl sites for hydroxylation is 1. The number of allylic oxidation sites excluding steroid dienone is 6. The van der Waals surface area contributed by atoms with Gasteiger partial charge in [0.05, 0.1) is 11.4 Å². The van der Waals surface area contributed by atoms with Crippen molar-refractivity contribution in [3.05, 3.63) is 97.3 Å². The molecule has 1 heterocycles. The molecule has 0 saturated carbocycles. The van der Waals surface area contributed by atoms with Crippen molar-refractivity contribution in [1.82, 2.24) is 0 Å². The number of rotatable bonds is 6. The fourth-order valence-corrected chi connectivity index (χ4v) is 2.82. The van der Waals surface area contributed by atoms with Crippen molar-refractivity contribution in [1.29, 1.82) is 0 Å². The summed E-state index contributed by atoms with van der Waals surface area (Å²) in [6, 6.07) is 6.32. The second-order valence-corrected chi connectivity index (χ2v) is 5.32. The van der Waals surface area contributed by atoms with Gasteiger partial charge in [0, 0.05) is 5.70 Å². The zero-order valence-corrected chi connectivity index (χ0v) is 13.9. The zero-order valence-electron chi connectivity index (χ0n) is 13.9. The smallest absolute Gasteiger partial charge is 0.130 e. The molecule has 0 aliphatic carbocycles. The van der Waals surface area contributed by atoms with Crippen LogP contribution in [-0.4, -0.2) is 6.17 Å². The molecule has 0 amide bonds. The average Bonchev–Trinajstić information content (AvgIpc) is 2.93. The third-order valence-electron chi connectivity index (χ3n) is 3.82. The van der Waals surface area contributed by atoms with Crippen LogP contribution < -0.4 is 10.2 Å². The van der Waals surface area contributed by atoms with E-state index in [-0.39, 0.29) is 6.17 Å². The number of fused-ring (bicyclic) bond motifs is 1. The minimum atomic E-state index is -0.0241. The van der Waals surface area contributed by atoms with Gasteiger partial charge in [0.25, 0.3) is 0 Å². The maximum atomic E-state index is 3.95. The van der Waals surface area contributed by atoms with E-state index < -0.39 is 0 Å². The van der Waals surface area contributed by atoms with Gasteiger partial charge < -0.3 is 10.2 Å². The summed E-state index contributed by atoms with van der Waals surface area (Å²) in [4.78, 5) is 2.26. The van der Waals surface area contributed by atoms with Crippen LogP contribution in [0.5, 0.6) is 0 Å². The fourth-order valence-electron chi connectivity index (χ4n) is 2.82. The lowest BCUT2D eigenvalue weighted by Gasteiger charge is -2.28. The van der Waals surface area contributed by atoms with Crippen LogP contribution in [0.3, 0.4) is 0 Å². The summed E-state index contributed by atoms with van der Waals surface area (Å²) in [5, 5.41) is 3.62. The predicted molar refractivity (Wildman–Crippen MR) is 103 cm³/mol. The van der Waals surface area contributed by atoms with Gasteiger partial charge in [0.2, 0.25) is 0 Å². The van der Waals surface area contributed by atoms with Crippen molar-refractivity contribution in [3.63, 3.8) is 0 Å². The highest BCUT2D eigenvalue weighted by molar-refractivity contribution is 5.83. The third kappa shape index (κ3) is 3.21. The lowest BCUT2D eigenvalue weighted by molar-refractivity contribution is 0.859. The van der Waals surface area contributed by atoms with E-state index in [1.165, 1.54) is 5.56 Å². The van der Waals surface area contributed by atoms with Gasteiger partial charge in [0.15, 0.2) is 0 Å². The maximum absolute atomic E-state index is 3.95. The Morgan fingerprint density at radius 3 is 2.52 bits per heavy atom. The fraction of sp³-hybridized carbons (Fsp3) is 0.143. The average molecular weight is 304 g/mol. The number of anilines is 2. The number of benzene rings is 1. The molecular formula is C21H24N2. The minimum Gasteiger partial charge on any atom is -0.359 e. The van der Waals surface area contributed by atoms with E-state index in [1.54, 1.807) is 6.08 Å². The highest BCUT2D eigenvalue weighted by Gasteiger charge is 2.32. The third-order valence-corrected chi connectivity index (χ3v) is 3.82. The van der Waals surface area contributed by atoms with Crippen LogP contribution in [0.25, 0.3) is 0 Å². The van der Waals surface area contributed by atoms with Crippen molar-refractivity contribution < 1.29 is 0 Å². The zero-order chi connectivity index (χ0) is 16.8. The van der Waals surface area contributed by atoms with Crippen molar-refractivity contribution in [2.45, 2.75) is 20.0 Å². The molecule has 2 rings (SSSR count). The van der Waals surface area contributed by atoms with Crippen LogP contribution in [0.1, 0.15) is 12.5 Å². The minimum absolute atomic E-state index is 0.0241. The summed E-state index contributed by atoms with van der Waals surface area (Å²) in [5.41, 5.74) is 5.65. The molecule has 118 valence electrons. The Hall–Kier alpha value is -2.74. The van der Waals surface area contributed by atoms with E-state index in [9.17, 15) is 0 Å². The van der Waals surface area contributed by atoms with Gasteiger partial charge in [-0.1, -0.05) is 62.2 Å². The van der Waals surface area contributed by atoms with Crippen LogP contribution in [0.2, 0.25) is 0 Å². The Balaban J connectivity index is 2.64. The second-order valence-electron chi connectivity index (χ2n) is 5.32. The van der Waals surface area contributed by atoms with E-state index in [1.807, 2.05) is 37.3 Å². The molecule has 1 aromatic rings. The summed E-state index contributed by atoms with van der Waals surface area (Å²) >= 11 is 0. The SMILES string of the molecule is C=C/C=C(\C=C)C1Nc2c(C)cccc2N1C(/C=C\C)=C/C=C. The first-order chi connectivity index (χ1) is 11.2. The second kappa shape index (κ2) is 7.50. The van der Waals surface area contributed by atoms with Gasteiger partial charge in [-0.15, -0.1) is 0 Å². The lowest BCUT2D eigenvalue weighted by Crippen LogP contribution is -2.35. The van der Waals surface area contributed by atoms with E-state index >= 15 is 0 Å². The topological polar surface area (TPSA) is 15.3 Å². The molecular weight excluding hydrogens is 280 g/mol. The summed E-state index contributed by atoms with van der Waals surface area (Å²) in [7, 11) is 0. The van der Waals surface area contributed by atoms with E-state index in [4.69, 9.17) is 0 Å². The maximum Gasteiger partial charge on any atom is 0.130 e. The molecule has 1 aromatic carbocycles. The summed E-state index contributed by atoms with van der Waals surface area (Å²) < 4.78 is 0. The number of hydrogen-bond acceptors (Lipinski definition) is 2. The van der Waals surface area contributed by atoms with Gasteiger partial charge in [-0.25, -0.2) is 0 Å². The summed E-state index contributed by atoms with van der Waals surface area (Å²) in [6.07, 6.45) is 13.6. The Morgan fingerprint density at radius 1 is 1.17 bits per heavy atom. The lowest BCUT2D eigenvalue weighted by atomic mass is 10.1. The number of hydrogen-bond donors (Lipinski definition) is 1. The molecule has 0 radical (unpaired) electrons. The number of para-hydroxylation sites is 1. The Morgan fingerprint density at radius 2 is 1.91 bits per heavy atom. The van der Waals surface area contributed by atoms with Crippen molar-refractivity contribution in [3.8, 4) is 0 Å². The van der Waals surface area contributed by atoms with Crippen molar-refractivity contribution in [2.24, 2.45) is 0 Å². The Kier molecular flexibility index (Phi) is 5.42. The quantitative estimate of drug-likeness (QED) is 0.698. The molecule has 2 nitrogen and oxygen atoms in total. The molecule has 2 heteroatoms.